The average Bonchev–Trinajstić information content (AvgIpc) is 1.95. The SMILES string of the molecule is CCC1CCCC(=O)C1I. The van der Waals surface area contributed by atoms with Gasteiger partial charge in [-0.05, 0) is 18.8 Å². The van der Waals surface area contributed by atoms with Crippen LogP contribution in [0.2, 0.25) is 0 Å². The van der Waals surface area contributed by atoms with E-state index in [0.29, 0.717) is 15.6 Å². The Hall–Kier alpha value is 0.400. The van der Waals surface area contributed by atoms with Crippen molar-refractivity contribution in [3.8, 4) is 0 Å². The molecule has 10 heavy (non-hydrogen) atoms. The molecule has 0 aromatic carbocycles. The number of hydrogen-bond acceptors (Lipinski definition) is 1. The number of carbonyl (C=O) groups excluding carboxylic acids is 1. The minimum Gasteiger partial charge on any atom is -0.299 e. The van der Waals surface area contributed by atoms with Crippen LogP contribution in [0, 0.1) is 5.92 Å². The summed E-state index contributed by atoms with van der Waals surface area (Å²) in [6, 6.07) is 0. The first-order chi connectivity index (χ1) is 4.75. The highest BCUT2D eigenvalue weighted by Gasteiger charge is 2.27. The van der Waals surface area contributed by atoms with E-state index in [2.05, 4.69) is 29.5 Å². The Labute approximate surface area is 75.7 Å². The second-order valence-electron chi connectivity index (χ2n) is 2.93. The molecular formula is C8H13IO. The number of rotatable bonds is 1. The molecule has 0 amide bonds. The van der Waals surface area contributed by atoms with Crippen molar-refractivity contribution in [1.82, 2.24) is 0 Å². The predicted octanol–water partition coefficient (Wildman–Crippen LogP) is 2.57. The third kappa shape index (κ3) is 1.71. The summed E-state index contributed by atoms with van der Waals surface area (Å²) in [5.74, 6) is 1.14. The van der Waals surface area contributed by atoms with Gasteiger partial charge in [-0.1, -0.05) is 35.9 Å². The Balaban J connectivity index is 2.51. The van der Waals surface area contributed by atoms with E-state index in [0.717, 1.165) is 12.8 Å². The van der Waals surface area contributed by atoms with Crippen LogP contribution in [0.25, 0.3) is 0 Å². The number of halogens is 1. The minimum atomic E-state index is 0.316. The molecule has 0 aliphatic heterocycles. The highest BCUT2D eigenvalue weighted by molar-refractivity contribution is 14.1. The molecule has 0 spiro atoms. The molecule has 0 radical (unpaired) electrons. The lowest BCUT2D eigenvalue weighted by molar-refractivity contribution is -0.120. The third-order valence-corrected chi connectivity index (χ3v) is 3.96. The van der Waals surface area contributed by atoms with Crippen molar-refractivity contribution in [2.45, 2.75) is 36.5 Å². The van der Waals surface area contributed by atoms with Crippen LogP contribution in [0.4, 0.5) is 0 Å². The molecule has 1 rings (SSSR count). The number of alkyl halides is 1. The summed E-state index contributed by atoms with van der Waals surface area (Å²) in [6.45, 7) is 2.18. The van der Waals surface area contributed by atoms with Gasteiger partial charge in [0.2, 0.25) is 0 Å². The molecule has 0 aromatic heterocycles. The lowest BCUT2D eigenvalue weighted by Gasteiger charge is -2.24. The number of Topliss-reactive ketones (excluding diaryl/α,β-unsaturated/α-hetero) is 1. The van der Waals surface area contributed by atoms with Crippen molar-refractivity contribution in [2.75, 3.05) is 0 Å². The lowest BCUT2D eigenvalue weighted by atomic mass is 9.87. The van der Waals surface area contributed by atoms with Crippen LogP contribution in [0.5, 0.6) is 0 Å². The van der Waals surface area contributed by atoms with E-state index < -0.39 is 0 Å². The molecule has 1 nitrogen and oxygen atoms in total. The molecule has 2 atom stereocenters. The Morgan fingerprint density at radius 2 is 2.40 bits per heavy atom. The topological polar surface area (TPSA) is 17.1 Å². The highest BCUT2D eigenvalue weighted by Crippen LogP contribution is 2.29. The summed E-state index contributed by atoms with van der Waals surface area (Å²) >= 11 is 2.30. The van der Waals surface area contributed by atoms with Gasteiger partial charge in [-0.3, -0.25) is 4.79 Å². The van der Waals surface area contributed by atoms with Gasteiger partial charge in [-0.15, -0.1) is 0 Å². The van der Waals surface area contributed by atoms with Gasteiger partial charge in [0.25, 0.3) is 0 Å². The van der Waals surface area contributed by atoms with Gasteiger partial charge in [-0.25, -0.2) is 0 Å². The van der Waals surface area contributed by atoms with E-state index in [1.807, 2.05) is 0 Å². The van der Waals surface area contributed by atoms with Gasteiger partial charge in [0, 0.05) is 6.42 Å². The Morgan fingerprint density at radius 3 is 2.90 bits per heavy atom. The molecule has 1 aliphatic rings. The second kappa shape index (κ2) is 3.69. The molecule has 2 unspecified atom stereocenters. The summed E-state index contributed by atoms with van der Waals surface area (Å²) in [5.41, 5.74) is 0. The van der Waals surface area contributed by atoms with E-state index in [1.54, 1.807) is 0 Å². The first-order valence-electron chi connectivity index (χ1n) is 3.92. The van der Waals surface area contributed by atoms with Crippen molar-refractivity contribution in [2.24, 2.45) is 5.92 Å². The van der Waals surface area contributed by atoms with Crippen molar-refractivity contribution in [3.05, 3.63) is 0 Å². The maximum Gasteiger partial charge on any atom is 0.145 e. The van der Waals surface area contributed by atoms with Crippen molar-refractivity contribution in [1.29, 1.82) is 0 Å². The van der Waals surface area contributed by atoms with Crippen LogP contribution >= 0.6 is 22.6 Å². The summed E-state index contributed by atoms with van der Waals surface area (Å²) < 4.78 is 0.316. The molecular weight excluding hydrogens is 239 g/mol. The molecule has 0 aromatic rings. The fraction of sp³-hybridized carbons (Fsp3) is 0.875. The van der Waals surface area contributed by atoms with Gasteiger partial charge >= 0.3 is 0 Å². The number of carbonyl (C=O) groups is 1. The summed E-state index contributed by atoms with van der Waals surface area (Å²) in [5, 5.41) is 0. The fourth-order valence-electron chi connectivity index (χ4n) is 1.50. The van der Waals surface area contributed by atoms with Gasteiger partial charge in [-0.2, -0.15) is 0 Å². The zero-order valence-electron chi connectivity index (χ0n) is 6.27. The Kier molecular flexibility index (Phi) is 3.14. The Morgan fingerprint density at radius 1 is 1.70 bits per heavy atom. The van der Waals surface area contributed by atoms with E-state index in [4.69, 9.17) is 0 Å². The van der Waals surface area contributed by atoms with Crippen LogP contribution in [-0.2, 0) is 4.79 Å². The standard InChI is InChI=1S/C8H13IO/c1-2-6-4-3-5-7(10)8(6)9/h6,8H,2-5H2,1H3. The van der Waals surface area contributed by atoms with Gasteiger partial charge in [0.1, 0.15) is 5.78 Å². The number of hydrogen-bond donors (Lipinski definition) is 0. The summed E-state index contributed by atoms with van der Waals surface area (Å²) in [4.78, 5) is 11.2. The first-order valence-corrected chi connectivity index (χ1v) is 5.17. The second-order valence-corrected chi connectivity index (χ2v) is 4.27. The van der Waals surface area contributed by atoms with Crippen LogP contribution in [0.1, 0.15) is 32.6 Å². The van der Waals surface area contributed by atoms with Crippen LogP contribution in [0.15, 0.2) is 0 Å². The lowest BCUT2D eigenvalue weighted by Crippen LogP contribution is -2.27. The normalized spacial score (nSPS) is 34.4. The van der Waals surface area contributed by atoms with Crippen LogP contribution < -0.4 is 0 Å². The zero-order chi connectivity index (χ0) is 7.56. The van der Waals surface area contributed by atoms with E-state index in [-0.39, 0.29) is 0 Å². The third-order valence-electron chi connectivity index (χ3n) is 2.24. The smallest absolute Gasteiger partial charge is 0.145 e. The van der Waals surface area contributed by atoms with Crippen LogP contribution in [-0.4, -0.2) is 9.71 Å². The van der Waals surface area contributed by atoms with Gasteiger partial charge in [0.05, 0.1) is 3.92 Å². The zero-order valence-corrected chi connectivity index (χ0v) is 8.43. The predicted molar refractivity (Wildman–Crippen MR) is 50.4 cm³/mol. The molecule has 0 heterocycles. The fourth-order valence-corrected chi connectivity index (χ4v) is 2.68. The van der Waals surface area contributed by atoms with E-state index in [1.165, 1.54) is 12.8 Å². The van der Waals surface area contributed by atoms with Crippen LogP contribution in [0.3, 0.4) is 0 Å². The molecule has 1 saturated carbocycles. The molecule has 0 saturated heterocycles. The maximum absolute atomic E-state index is 11.2. The quantitative estimate of drug-likeness (QED) is 0.517. The van der Waals surface area contributed by atoms with E-state index in [9.17, 15) is 4.79 Å². The van der Waals surface area contributed by atoms with E-state index >= 15 is 0 Å². The molecule has 0 bridgehead atoms. The number of ketones is 1. The van der Waals surface area contributed by atoms with Crippen molar-refractivity contribution < 1.29 is 4.79 Å². The average molecular weight is 252 g/mol. The van der Waals surface area contributed by atoms with Gasteiger partial charge in [0.15, 0.2) is 0 Å². The molecule has 2 heteroatoms. The van der Waals surface area contributed by atoms with Crippen molar-refractivity contribution in [3.63, 3.8) is 0 Å². The Bertz CT molecular complexity index is 133. The highest BCUT2D eigenvalue weighted by atomic mass is 127. The monoisotopic (exact) mass is 252 g/mol. The molecule has 58 valence electrons. The molecule has 0 N–H and O–H groups in total. The molecule has 1 aliphatic carbocycles. The summed E-state index contributed by atoms with van der Waals surface area (Å²) in [6.07, 6.45) is 4.37. The van der Waals surface area contributed by atoms with Crippen molar-refractivity contribution >= 4 is 28.4 Å². The summed E-state index contributed by atoms with van der Waals surface area (Å²) in [7, 11) is 0. The first kappa shape index (κ1) is 8.50. The minimum absolute atomic E-state index is 0.316. The maximum atomic E-state index is 11.2. The van der Waals surface area contributed by atoms with Gasteiger partial charge < -0.3 is 0 Å². The largest absolute Gasteiger partial charge is 0.299 e. The molecule has 1 fully saturated rings.